The molecule has 28 heavy (non-hydrogen) atoms. The lowest BCUT2D eigenvalue weighted by Gasteiger charge is -2.16. The Kier molecular flexibility index (Phi) is 8.06. The van der Waals surface area contributed by atoms with Gasteiger partial charge in [0.05, 0.1) is 36.3 Å². The van der Waals surface area contributed by atoms with Crippen molar-refractivity contribution in [1.29, 1.82) is 0 Å². The van der Waals surface area contributed by atoms with Crippen molar-refractivity contribution in [1.82, 2.24) is 0 Å². The van der Waals surface area contributed by atoms with Crippen LogP contribution in [0.15, 0.2) is 45.3 Å². The number of phenols is 1. The first-order valence-electron chi connectivity index (χ1n) is 7.62. The van der Waals surface area contributed by atoms with E-state index in [9.17, 15) is 25.0 Å². The topological polar surface area (TPSA) is 133 Å². The molecule has 0 bridgehead atoms. The van der Waals surface area contributed by atoms with Crippen LogP contribution in [0.3, 0.4) is 0 Å². The maximum atomic E-state index is 11.6. The van der Waals surface area contributed by atoms with Crippen molar-refractivity contribution in [2.24, 2.45) is 5.41 Å². The third kappa shape index (κ3) is 6.89. The summed E-state index contributed by atoms with van der Waals surface area (Å²) in [6.45, 7) is 5.13. The molecule has 9 nitrogen and oxygen atoms in total. The number of nitro groups is 2. The molecule has 0 aromatic heterocycles. The Morgan fingerprint density at radius 2 is 1.43 bits per heavy atom. The fourth-order valence-corrected chi connectivity index (χ4v) is 2.38. The lowest BCUT2D eigenvalue weighted by atomic mass is 9.97. The smallest absolute Gasteiger partial charge is 0.316 e. The highest BCUT2D eigenvalue weighted by Crippen LogP contribution is 2.30. The summed E-state index contributed by atoms with van der Waals surface area (Å²) in [6.07, 6.45) is 0. The first kappa shape index (κ1) is 23.5. The molecular weight excluding hydrogens is 504 g/mol. The molecule has 2 aromatic carbocycles. The fraction of sp³-hybridized carbons (Fsp3) is 0.235. The molecule has 2 aromatic rings. The number of esters is 1. The summed E-state index contributed by atoms with van der Waals surface area (Å²) >= 11 is 6.03. The number of nitrogens with zero attached hydrogens (tertiary/aromatic N) is 2. The summed E-state index contributed by atoms with van der Waals surface area (Å²) in [5.41, 5.74) is -0.920. The summed E-state index contributed by atoms with van der Waals surface area (Å²) in [6, 6.07) is 8.08. The Hall–Kier alpha value is -2.53. The van der Waals surface area contributed by atoms with Crippen molar-refractivity contribution in [3.8, 4) is 11.5 Å². The quantitative estimate of drug-likeness (QED) is 0.249. The normalized spacial score (nSPS) is 10.5. The summed E-state index contributed by atoms with van der Waals surface area (Å²) < 4.78 is 5.77. The molecule has 11 heteroatoms. The molecule has 1 N–H and O–H groups in total. The SMILES string of the molecule is CC(C)(C)C(=O)Oc1ccc(Br)c([N+](=O)[O-])c1.O=[N+]([O-])c1cc(O)ccc1Br. The maximum Gasteiger partial charge on any atom is 0.316 e. The molecule has 0 atom stereocenters. The highest BCUT2D eigenvalue weighted by Gasteiger charge is 2.24. The minimum absolute atomic E-state index is 0.111. The standard InChI is InChI=1S/C11H12BrNO4.C6H4BrNO3/c1-11(2,3)10(14)17-7-4-5-8(12)9(6-7)13(15)16;7-5-2-1-4(9)3-6(5)8(10)11/h4-6H,1-3H3;1-3,9H. The Labute approximate surface area is 176 Å². The number of phenolic OH excluding ortho intramolecular Hbond substituents is 1. The molecule has 0 spiro atoms. The van der Waals surface area contributed by atoms with Crippen LogP contribution < -0.4 is 4.74 Å². The van der Waals surface area contributed by atoms with Crippen molar-refractivity contribution in [3.63, 3.8) is 0 Å². The van der Waals surface area contributed by atoms with E-state index in [2.05, 4.69) is 31.9 Å². The second-order valence-corrected chi connectivity index (χ2v) is 8.11. The van der Waals surface area contributed by atoms with E-state index >= 15 is 0 Å². The molecule has 2 rings (SSSR count). The van der Waals surface area contributed by atoms with Gasteiger partial charge in [-0.15, -0.1) is 0 Å². The Bertz CT molecular complexity index is 911. The molecule has 0 radical (unpaired) electrons. The predicted octanol–water partition coefficient (Wildman–Crippen LogP) is 5.37. The monoisotopic (exact) mass is 518 g/mol. The van der Waals surface area contributed by atoms with Crippen LogP contribution in [0.4, 0.5) is 11.4 Å². The average Bonchev–Trinajstić information content (AvgIpc) is 2.58. The van der Waals surface area contributed by atoms with Gasteiger partial charge in [-0.2, -0.15) is 0 Å². The van der Waals surface area contributed by atoms with Crippen LogP contribution in [0.1, 0.15) is 20.8 Å². The highest BCUT2D eigenvalue weighted by atomic mass is 79.9. The van der Waals surface area contributed by atoms with Crippen molar-refractivity contribution in [2.45, 2.75) is 20.8 Å². The number of ether oxygens (including phenoxy) is 1. The Balaban J connectivity index is 0.000000307. The highest BCUT2D eigenvalue weighted by molar-refractivity contribution is 9.11. The van der Waals surface area contributed by atoms with Crippen LogP contribution in [0.25, 0.3) is 0 Å². The van der Waals surface area contributed by atoms with Gasteiger partial charge in [-0.05, 0) is 76.9 Å². The molecule has 0 unspecified atom stereocenters. The van der Waals surface area contributed by atoms with Gasteiger partial charge >= 0.3 is 5.97 Å². The number of hydrogen-bond donors (Lipinski definition) is 1. The van der Waals surface area contributed by atoms with Gasteiger partial charge in [0, 0.05) is 0 Å². The Morgan fingerprint density at radius 3 is 1.86 bits per heavy atom. The predicted molar refractivity (Wildman–Crippen MR) is 108 cm³/mol. The third-order valence-electron chi connectivity index (χ3n) is 3.06. The minimum Gasteiger partial charge on any atom is -0.508 e. The molecule has 0 amide bonds. The van der Waals surface area contributed by atoms with Gasteiger partial charge in [0.2, 0.25) is 0 Å². The Morgan fingerprint density at radius 1 is 0.964 bits per heavy atom. The summed E-state index contributed by atoms with van der Waals surface area (Å²) in [5, 5.41) is 29.8. The summed E-state index contributed by atoms with van der Waals surface area (Å²) in [7, 11) is 0. The number of benzene rings is 2. The second kappa shape index (κ2) is 9.60. The van der Waals surface area contributed by atoms with Crippen LogP contribution in [0.5, 0.6) is 11.5 Å². The summed E-state index contributed by atoms with van der Waals surface area (Å²) in [5.74, 6) is -0.381. The maximum absolute atomic E-state index is 11.6. The van der Waals surface area contributed by atoms with Crippen molar-refractivity contribution in [3.05, 3.63) is 65.6 Å². The van der Waals surface area contributed by atoms with Crippen molar-refractivity contribution < 1.29 is 24.5 Å². The van der Waals surface area contributed by atoms with Gasteiger partial charge in [-0.1, -0.05) is 0 Å². The van der Waals surface area contributed by atoms with Gasteiger partial charge in [0.15, 0.2) is 0 Å². The van der Waals surface area contributed by atoms with Gasteiger partial charge in [-0.25, -0.2) is 0 Å². The number of rotatable bonds is 3. The van der Waals surface area contributed by atoms with Crippen molar-refractivity contribution >= 4 is 49.2 Å². The molecule has 0 fully saturated rings. The van der Waals surface area contributed by atoms with E-state index in [1.54, 1.807) is 20.8 Å². The molecule has 0 heterocycles. The molecular formula is C17H16Br2N2O7. The van der Waals surface area contributed by atoms with E-state index in [-0.39, 0.29) is 22.9 Å². The molecule has 0 saturated carbocycles. The summed E-state index contributed by atoms with van der Waals surface area (Å²) in [4.78, 5) is 31.4. The number of carbonyl (C=O) groups excluding carboxylic acids is 1. The first-order chi connectivity index (χ1) is 12.8. The van der Waals surface area contributed by atoms with Crippen molar-refractivity contribution in [2.75, 3.05) is 0 Å². The average molecular weight is 520 g/mol. The van der Waals surface area contributed by atoms with Crippen LogP contribution >= 0.6 is 31.9 Å². The molecule has 0 saturated heterocycles. The van der Waals surface area contributed by atoms with Crippen LogP contribution in [-0.4, -0.2) is 20.9 Å². The lowest BCUT2D eigenvalue weighted by Crippen LogP contribution is -2.25. The number of aromatic hydroxyl groups is 1. The van der Waals surface area contributed by atoms with E-state index < -0.39 is 21.2 Å². The second-order valence-electron chi connectivity index (χ2n) is 6.40. The van der Waals surface area contributed by atoms with E-state index in [1.807, 2.05) is 0 Å². The number of carbonyl (C=O) groups is 1. The largest absolute Gasteiger partial charge is 0.508 e. The van der Waals surface area contributed by atoms with Gasteiger partial charge < -0.3 is 9.84 Å². The molecule has 0 aliphatic carbocycles. The molecule has 150 valence electrons. The van der Waals surface area contributed by atoms with E-state index in [0.717, 1.165) is 6.07 Å². The zero-order chi connectivity index (χ0) is 21.6. The van der Waals surface area contributed by atoms with E-state index in [4.69, 9.17) is 9.84 Å². The zero-order valence-electron chi connectivity index (χ0n) is 15.0. The van der Waals surface area contributed by atoms with Gasteiger partial charge in [0.25, 0.3) is 11.4 Å². The van der Waals surface area contributed by atoms with E-state index in [0.29, 0.717) is 8.95 Å². The third-order valence-corrected chi connectivity index (χ3v) is 4.40. The first-order valence-corrected chi connectivity index (χ1v) is 9.20. The number of hydrogen-bond acceptors (Lipinski definition) is 7. The van der Waals surface area contributed by atoms with Gasteiger partial charge in [-0.3, -0.25) is 25.0 Å². The van der Waals surface area contributed by atoms with Crippen LogP contribution in [-0.2, 0) is 4.79 Å². The number of nitro benzene ring substituents is 2. The number of halogens is 2. The zero-order valence-corrected chi connectivity index (χ0v) is 18.2. The van der Waals surface area contributed by atoms with Crippen LogP contribution in [0.2, 0.25) is 0 Å². The minimum atomic E-state index is -0.651. The van der Waals surface area contributed by atoms with Crippen LogP contribution in [0, 0.1) is 25.6 Å². The lowest BCUT2D eigenvalue weighted by molar-refractivity contribution is -0.385. The molecule has 0 aliphatic heterocycles. The fourth-order valence-electron chi connectivity index (χ4n) is 1.60. The molecule has 0 aliphatic rings. The van der Waals surface area contributed by atoms with E-state index in [1.165, 1.54) is 30.3 Å². The van der Waals surface area contributed by atoms with Gasteiger partial charge in [0.1, 0.15) is 11.5 Å².